The summed E-state index contributed by atoms with van der Waals surface area (Å²) in [5.74, 6) is 0. The Morgan fingerprint density at radius 3 is 3.08 bits per heavy atom. The number of rotatable bonds is 0. The summed E-state index contributed by atoms with van der Waals surface area (Å²) in [6.07, 6.45) is 3.81. The molecule has 0 saturated heterocycles. The number of nitrogens with one attached hydrogen (secondary N) is 1. The highest BCUT2D eigenvalue weighted by molar-refractivity contribution is 6.38. The zero-order valence-corrected chi connectivity index (χ0v) is 6.63. The maximum atomic E-state index is 10.9. The second-order valence-corrected chi connectivity index (χ2v) is 2.92. The van der Waals surface area contributed by atoms with Gasteiger partial charge >= 0.3 is 0 Å². The molecule has 2 radical (unpaired) electrons. The minimum absolute atomic E-state index is 0.0697. The largest absolute Gasteiger partial charge is 0.322 e. The monoisotopic (exact) mass is 157 g/mol. The van der Waals surface area contributed by atoms with Crippen LogP contribution in [0.1, 0.15) is 12.8 Å². The van der Waals surface area contributed by atoms with Crippen molar-refractivity contribution in [3.63, 3.8) is 0 Å². The van der Waals surface area contributed by atoms with E-state index in [0.29, 0.717) is 0 Å². The Kier molecular flexibility index (Phi) is 1.64. The van der Waals surface area contributed by atoms with Crippen molar-refractivity contribution in [2.45, 2.75) is 12.8 Å². The smallest absolute Gasteiger partial charge is 0.248 e. The zero-order chi connectivity index (χ0) is 8.55. The number of hydrogen-bond donors (Lipinski definition) is 1. The summed E-state index contributed by atoms with van der Waals surface area (Å²) in [4.78, 5) is 13.7. The number of pyridine rings is 1. The predicted molar refractivity (Wildman–Crippen MR) is 49.2 cm³/mol. The Morgan fingerprint density at radius 2 is 2.25 bits per heavy atom. The summed E-state index contributed by atoms with van der Waals surface area (Å²) in [7, 11) is 5.77. The molecule has 0 unspecified atom stereocenters. The number of hydrogen-bond acceptors (Lipinski definition) is 1. The molecule has 0 atom stereocenters. The van der Waals surface area contributed by atoms with Crippen LogP contribution in [-0.4, -0.2) is 12.8 Å². The van der Waals surface area contributed by atoms with Crippen LogP contribution in [0.3, 0.4) is 0 Å². The second-order valence-electron chi connectivity index (χ2n) is 2.92. The molecule has 0 aromatic carbocycles. The van der Waals surface area contributed by atoms with Crippen LogP contribution in [0.4, 0.5) is 0 Å². The molecule has 1 aliphatic rings. The van der Waals surface area contributed by atoms with Gasteiger partial charge in [0.2, 0.25) is 5.56 Å². The summed E-state index contributed by atoms with van der Waals surface area (Å²) in [6, 6.07) is 3.28. The van der Waals surface area contributed by atoms with Crippen LogP contribution >= 0.6 is 0 Å². The fourth-order valence-electron chi connectivity index (χ4n) is 1.44. The maximum absolute atomic E-state index is 10.9. The average Bonchev–Trinajstić information content (AvgIpc) is 2.04. The SMILES string of the molecule is [B]C1=c2ccc(=O)[nH]c2=CCC1. The quantitative estimate of drug-likeness (QED) is 0.492. The predicted octanol–water partition coefficient (Wildman–Crippen LogP) is -0.774. The third-order valence-electron chi connectivity index (χ3n) is 2.06. The van der Waals surface area contributed by atoms with Crippen LogP contribution < -0.4 is 16.1 Å². The minimum Gasteiger partial charge on any atom is -0.322 e. The van der Waals surface area contributed by atoms with Crippen LogP contribution in [0.15, 0.2) is 16.9 Å². The molecule has 2 rings (SSSR count). The van der Waals surface area contributed by atoms with Crippen molar-refractivity contribution in [3.05, 3.63) is 33.1 Å². The fraction of sp³-hybridized carbons (Fsp3) is 0.222. The topological polar surface area (TPSA) is 32.9 Å². The summed E-state index contributed by atoms with van der Waals surface area (Å²) in [5, 5.41) is 1.84. The molecule has 3 heteroatoms. The van der Waals surface area contributed by atoms with Gasteiger partial charge in [-0.1, -0.05) is 6.08 Å². The van der Waals surface area contributed by atoms with Crippen LogP contribution in [0, 0.1) is 0 Å². The number of aromatic nitrogens is 1. The molecule has 1 aromatic heterocycles. The molecular weight excluding hydrogens is 149 g/mol. The molecule has 0 fully saturated rings. The van der Waals surface area contributed by atoms with E-state index in [2.05, 4.69) is 4.98 Å². The second kappa shape index (κ2) is 2.66. The van der Waals surface area contributed by atoms with Crippen LogP contribution in [0.5, 0.6) is 0 Å². The molecule has 0 spiro atoms. The highest BCUT2D eigenvalue weighted by Crippen LogP contribution is 2.01. The third-order valence-corrected chi connectivity index (χ3v) is 2.06. The van der Waals surface area contributed by atoms with Gasteiger partial charge in [-0.25, -0.2) is 0 Å². The lowest BCUT2D eigenvalue weighted by Gasteiger charge is -2.04. The van der Waals surface area contributed by atoms with Crippen LogP contribution in [0.2, 0.25) is 0 Å². The molecule has 1 N–H and O–H groups in total. The van der Waals surface area contributed by atoms with Gasteiger partial charge in [0.15, 0.2) is 0 Å². The molecule has 12 heavy (non-hydrogen) atoms. The van der Waals surface area contributed by atoms with E-state index in [-0.39, 0.29) is 5.56 Å². The molecular formula is C9H8BNO. The Bertz CT molecular complexity index is 472. The number of aromatic amines is 1. The normalized spacial score (nSPS) is 15.2. The Morgan fingerprint density at radius 1 is 1.42 bits per heavy atom. The summed E-state index contributed by atoms with van der Waals surface area (Å²) < 4.78 is 0. The van der Waals surface area contributed by atoms with E-state index in [0.717, 1.165) is 28.9 Å². The van der Waals surface area contributed by atoms with Gasteiger partial charge in [0.25, 0.3) is 0 Å². The van der Waals surface area contributed by atoms with Crippen LogP contribution in [0.25, 0.3) is 11.5 Å². The van der Waals surface area contributed by atoms with Gasteiger partial charge in [0.1, 0.15) is 7.85 Å². The zero-order valence-electron chi connectivity index (χ0n) is 6.63. The van der Waals surface area contributed by atoms with Crippen molar-refractivity contribution in [2.75, 3.05) is 0 Å². The van der Waals surface area contributed by atoms with Gasteiger partial charge in [0, 0.05) is 11.4 Å². The molecule has 1 heterocycles. The van der Waals surface area contributed by atoms with Gasteiger partial charge in [-0.3, -0.25) is 4.79 Å². The van der Waals surface area contributed by atoms with Crippen molar-refractivity contribution < 1.29 is 0 Å². The van der Waals surface area contributed by atoms with E-state index < -0.39 is 0 Å². The van der Waals surface area contributed by atoms with E-state index in [1.807, 2.05) is 6.08 Å². The van der Waals surface area contributed by atoms with Crippen molar-refractivity contribution in [1.29, 1.82) is 0 Å². The van der Waals surface area contributed by atoms with E-state index in [9.17, 15) is 4.79 Å². The first-order valence-electron chi connectivity index (χ1n) is 3.95. The first kappa shape index (κ1) is 7.41. The van der Waals surface area contributed by atoms with Gasteiger partial charge in [0.05, 0.1) is 0 Å². The van der Waals surface area contributed by atoms with Crippen molar-refractivity contribution in [2.24, 2.45) is 0 Å². The third kappa shape index (κ3) is 1.11. The molecule has 0 amide bonds. The van der Waals surface area contributed by atoms with E-state index >= 15 is 0 Å². The van der Waals surface area contributed by atoms with Crippen molar-refractivity contribution in [3.8, 4) is 0 Å². The summed E-state index contributed by atoms with van der Waals surface area (Å²) >= 11 is 0. The highest BCUT2D eigenvalue weighted by atomic mass is 16.1. The van der Waals surface area contributed by atoms with Crippen LogP contribution in [-0.2, 0) is 0 Å². The summed E-state index contributed by atoms with van der Waals surface area (Å²) in [6.45, 7) is 0. The number of H-pyrrole nitrogens is 1. The molecule has 0 bridgehead atoms. The lowest BCUT2D eigenvalue weighted by Crippen LogP contribution is -2.36. The Hall–Kier alpha value is -1.25. The van der Waals surface area contributed by atoms with E-state index in [1.165, 1.54) is 6.07 Å². The van der Waals surface area contributed by atoms with Gasteiger partial charge < -0.3 is 4.98 Å². The molecule has 0 saturated carbocycles. The molecule has 2 nitrogen and oxygen atoms in total. The molecule has 1 aliphatic carbocycles. The summed E-state index contributed by atoms with van der Waals surface area (Å²) in [5.41, 5.74) is 0.795. The van der Waals surface area contributed by atoms with Gasteiger partial charge in [-0.15, -0.1) is 5.47 Å². The minimum atomic E-state index is -0.0697. The van der Waals surface area contributed by atoms with Gasteiger partial charge in [-0.05, 0) is 24.1 Å². The van der Waals surface area contributed by atoms with Crippen molar-refractivity contribution >= 4 is 19.4 Å². The fourth-order valence-corrected chi connectivity index (χ4v) is 1.44. The lowest BCUT2D eigenvalue weighted by molar-refractivity contribution is 1.05. The van der Waals surface area contributed by atoms with E-state index in [4.69, 9.17) is 7.85 Å². The first-order chi connectivity index (χ1) is 5.77. The molecule has 0 aliphatic heterocycles. The highest BCUT2D eigenvalue weighted by Gasteiger charge is 1.98. The maximum Gasteiger partial charge on any atom is 0.248 e. The van der Waals surface area contributed by atoms with Crippen molar-refractivity contribution in [1.82, 2.24) is 4.98 Å². The number of fused-ring (bicyclic) bond motifs is 1. The molecule has 58 valence electrons. The standard InChI is InChI=1S/C9H8BNO/c10-7-2-1-3-8-6(7)4-5-9(12)11-8/h3-5H,1-2H2,(H,11,12). The average molecular weight is 157 g/mol. The Labute approximate surface area is 71.0 Å². The molecule has 1 aromatic rings. The lowest BCUT2D eigenvalue weighted by atomic mass is 9.86. The van der Waals surface area contributed by atoms with E-state index in [1.54, 1.807) is 6.07 Å². The first-order valence-corrected chi connectivity index (χ1v) is 3.95. The Balaban J connectivity index is 2.94. The van der Waals surface area contributed by atoms with Gasteiger partial charge in [-0.2, -0.15) is 0 Å².